The summed E-state index contributed by atoms with van der Waals surface area (Å²) in [4.78, 5) is 23.3. The van der Waals surface area contributed by atoms with Gasteiger partial charge in [0.15, 0.2) is 0 Å². The van der Waals surface area contributed by atoms with Crippen LogP contribution in [0.4, 0.5) is 26.3 Å². The predicted octanol–water partition coefficient (Wildman–Crippen LogP) is 5.23. The van der Waals surface area contributed by atoms with Crippen molar-refractivity contribution >= 4 is 11.7 Å². The fourth-order valence-corrected chi connectivity index (χ4v) is 4.56. The molecule has 0 bridgehead atoms. The van der Waals surface area contributed by atoms with Crippen molar-refractivity contribution in [1.82, 2.24) is 10.6 Å². The number of ketones is 1. The molecule has 2 aromatic carbocycles. The maximum Gasteiger partial charge on any atom is 0.471 e. The molecular formula is C25H26F6N2O3. The highest BCUT2D eigenvalue weighted by atomic mass is 19.4. The molecule has 196 valence electrons. The number of benzene rings is 2. The van der Waals surface area contributed by atoms with Gasteiger partial charge in [-0.3, -0.25) is 9.59 Å². The summed E-state index contributed by atoms with van der Waals surface area (Å²) >= 11 is 0. The number of Topliss-reactive ketones (excluding diaryl/α,β-unsaturated/α-hetero) is 1. The molecule has 1 aliphatic carbocycles. The summed E-state index contributed by atoms with van der Waals surface area (Å²) in [5.74, 6) is -3.56. The maximum absolute atomic E-state index is 13.1. The van der Waals surface area contributed by atoms with E-state index in [1.807, 2.05) is 0 Å². The third kappa shape index (κ3) is 6.37. The number of carbonyl (C=O) groups is 2. The number of halogens is 6. The third-order valence-corrected chi connectivity index (χ3v) is 6.53. The van der Waals surface area contributed by atoms with Crippen LogP contribution in [0.5, 0.6) is 5.75 Å². The highest BCUT2D eigenvalue weighted by Gasteiger charge is 2.45. The second-order valence-electron chi connectivity index (χ2n) is 8.90. The summed E-state index contributed by atoms with van der Waals surface area (Å²) in [5, 5.41) is 5.33. The molecule has 3 rings (SSSR count). The molecule has 1 fully saturated rings. The number of alkyl halides is 6. The van der Waals surface area contributed by atoms with Gasteiger partial charge in [-0.25, -0.2) is 0 Å². The quantitative estimate of drug-likeness (QED) is 0.391. The minimum atomic E-state index is -5.03. The van der Waals surface area contributed by atoms with Gasteiger partial charge in [0, 0.05) is 17.1 Å². The second kappa shape index (κ2) is 10.5. The highest BCUT2D eigenvalue weighted by molar-refractivity contribution is 6.00. The Morgan fingerprint density at radius 2 is 1.53 bits per heavy atom. The van der Waals surface area contributed by atoms with Crippen LogP contribution < -0.4 is 15.4 Å². The molecule has 1 aliphatic rings. The molecule has 2 aromatic rings. The lowest BCUT2D eigenvalue weighted by atomic mass is 9.75. The zero-order valence-electron chi connectivity index (χ0n) is 19.6. The van der Waals surface area contributed by atoms with E-state index in [0.29, 0.717) is 48.1 Å². The number of methoxy groups -OCH3 is 1. The van der Waals surface area contributed by atoms with E-state index in [1.54, 1.807) is 25.2 Å². The van der Waals surface area contributed by atoms with Gasteiger partial charge < -0.3 is 15.4 Å². The van der Waals surface area contributed by atoms with Crippen molar-refractivity contribution in [3.05, 3.63) is 53.6 Å². The van der Waals surface area contributed by atoms with Crippen molar-refractivity contribution in [3.8, 4) is 16.9 Å². The fraction of sp³-hybridized carbons (Fsp3) is 0.440. The average molecular weight is 516 g/mol. The van der Waals surface area contributed by atoms with E-state index in [2.05, 4.69) is 10.6 Å². The standard InChI is InChI=1S/C25H26F6N2O3/c1-32-19-9-11-23(12-10-19,33-22(35)25(29,30)31)14-18-13-17(7-8-20(18)36-2)15-3-5-16(6-4-15)21(34)24(26,27)28/h3-8,13,19,32H,9-12,14H2,1-2H3,(H,33,35). The Kier molecular flexibility index (Phi) is 8.02. The van der Waals surface area contributed by atoms with Crippen LogP contribution in [0.2, 0.25) is 0 Å². The van der Waals surface area contributed by atoms with Gasteiger partial charge in [0.2, 0.25) is 0 Å². The van der Waals surface area contributed by atoms with Gasteiger partial charge in [-0.15, -0.1) is 0 Å². The van der Waals surface area contributed by atoms with Crippen molar-refractivity contribution in [2.45, 2.75) is 56.0 Å². The van der Waals surface area contributed by atoms with E-state index < -0.39 is 35.1 Å². The van der Waals surface area contributed by atoms with Crippen LogP contribution in [-0.4, -0.2) is 49.8 Å². The first-order valence-corrected chi connectivity index (χ1v) is 11.2. The molecule has 0 unspecified atom stereocenters. The van der Waals surface area contributed by atoms with Gasteiger partial charge in [0.05, 0.1) is 7.11 Å². The molecule has 36 heavy (non-hydrogen) atoms. The van der Waals surface area contributed by atoms with Gasteiger partial charge in [-0.05, 0) is 68.0 Å². The predicted molar refractivity (Wildman–Crippen MR) is 121 cm³/mol. The van der Waals surface area contributed by atoms with Crippen LogP contribution in [-0.2, 0) is 11.2 Å². The first-order chi connectivity index (χ1) is 16.8. The minimum absolute atomic E-state index is 0.0624. The Morgan fingerprint density at radius 3 is 2.03 bits per heavy atom. The molecule has 1 amide bonds. The molecule has 1 saturated carbocycles. The van der Waals surface area contributed by atoms with Crippen molar-refractivity contribution in [2.24, 2.45) is 0 Å². The van der Waals surface area contributed by atoms with Gasteiger partial charge >= 0.3 is 18.3 Å². The minimum Gasteiger partial charge on any atom is -0.496 e. The maximum atomic E-state index is 13.1. The Labute approximate surface area is 204 Å². The summed E-state index contributed by atoms with van der Waals surface area (Å²) in [6.45, 7) is 0. The molecule has 5 nitrogen and oxygen atoms in total. The summed E-state index contributed by atoms with van der Waals surface area (Å²) in [7, 11) is 3.18. The largest absolute Gasteiger partial charge is 0.496 e. The number of carbonyl (C=O) groups excluding carboxylic acids is 2. The molecule has 0 radical (unpaired) electrons. The first-order valence-electron chi connectivity index (χ1n) is 11.2. The molecule has 0 aliphatic heterocycles. The van der Waals surface area contributed by atoms with Gasteiger partial charge in [0.1, 0.15) is 5.75 Å². The van der Waals surface area contributed by atoms with Crippen LogP contribution in [0.3, 0.4) is 0 Å². The first kappa shape index (κ1) is 27.5. The van der Waals surface area contributed by atoms with E-state index in [0.717, 1.165) is 12.1 Å². The van der Waals surface area contributed by atoms with Crippen molar-refractivity contribution in [2.75, 3.05) is 14.2 Å². The van der Waals surface area contributed by atoms with E-state index in [1.165, 1.54) is 19.2 Å². The molecule has 0 aromatic heterocycles. The Bertz CT molecular complexity index is 1090. The molecule has 0 heterocycles. The van der Waals surface area contributed by atoms with Gasteiger partial charge in [-0.1, -0.05) is 30.3 Å². The second-order valence-corrected chi connectivity index (χ2v) is 8.90. The van der Waals surface area contributed by atoms with Gasteiger partial charge in [0.25, 0.3) is 5.78 Å². The van der Waals surface area contributed by atoms with Crippen LogP contribution >= 0.6 is 0 Å². The smallest absolute Gasteiger partial charge is 0.471 e. The molecule has 0 saturated heterocycles. The lowest BCUT2D eigenvalue weighted by Gasteiger charge is -2.41. The fourth-order valence-electron chi connectivity index (χ4n) is 4.56. The van der Waals surface area contributed by atoms with Crippen molar-refractivity contribution in [3.63, 3.8) is 0 Å². The Morgan fingerprint density at radius 1 is 0.944 bits per heavy atom. The van der Waals surface area contributed by atoms with Crippen LogP contribution in [0, 0.1) is 0 Å². The monoisotopic (exact) mass is 516 g/mol. The molecule has 0 spiro atoms. The molecule has 2 N–H and O–H groups in total. The number of hydrogen-bond acceptors (Lipinski definition) is 4. The number of hydrogen-bond donors (Lipinski definition) is 2. The summed E-state index contributed by atoms with van der Waals surface area (Å²) < 4.78 is 82.8. The van der Waals surface area contributed by atoms with Crippen molar-refractivity contribution in [1.29, 1.82) is 0 Å². The molecular weight excluding hydrogens is 490 g/mol. The van der Waals surface area contributed by atoms with E-state index in [-0.39, 0.29) is 12.5 Å². The van der Waals surface area contributed by atoms with E-state index in [4.69, 9.17) is 4.74 Å². The molecule has 11 heteroatoms. The van der Waals surface area contributed by atoms with Crippen LogP contribution in [0.25, 0.3) is 11.1 Å². The SMILES string of the molecule is CNC1CCC(Cc2cc(-c3ccc(C(=O)C(F)(F)F)cc3)ccc2OC)(NC(=O)C(F)(F)F)CC1. The van der Waals surface area contributed by atoms with Crippen molar-refractivity contribution < 1.29 is 40.7 Å². The Hall–Kier alpha value is -3.08. The normalized spacial score (nSPS) is 20.6. The highest BCUT2D eigenvalue weighted by Crippen LogP contribution is 2.37. The Balaban J connectivity index is 1.93. The molecule has 0 atom stereocenters. The van der Waals surface area contributed by atoms with E-state index >= 15 is 0 Å². The third-order valence-electron chi connectivity index (χ3n) is 6.53. The lowest BCUT2D eigenvalue weighted by Crippen LogP contribution is -2.57. The van der Waals surface area contributed by atoms with Crippen LogP contribution in [0.15, 0.2) is 42.5 Å². The lowest BCUT2D eigenvalue weighted by molar-refractivity contribution is -0.176. The average Bonchev–Trinajstić information content (AvgIpc) is 2.83. The zero-order chi connectivity index (χ0) is 26.7. The summed E-state index contributed by atoms with van der Waals surface area (Å²) in [5.41, 5.74) is -0.0525. The van der Waals surface area contributed by atoms with E-state index in [9.17, 15) is 35.9 Å². The number of amides is 1. The van der Waals surface area contributed by atoms with Gasteiger partial charge in [-0.2, -0.15) is 26.3 Å². The number of rotatable bonds is 7. The van der Waals surface area contributed by atoms with Crippen LogP contribution in [0.1, 0.15) is 41.6 Å². The summed E-state index contributed by atoms with van der Waals surface area (Å²) in [6.07, 6.45) is -8.22. The zero-order valence-corrected chi connectivity index (χ0v) is 19.6. The number of nitrogens with one attached hydrogen (secondary N) is 2. The summed E-state index contributed by atoms with van der Waals surface area (Å²) in [6, 6.07) is 9.92. The number of ether oxygens (including phenoxy) is 1. The topological polar surface area (TPSA) is 67.4 Å².